The van der Waals surface area contributed by atoms with Crippen LogP contribution in [-0.2, 0) is 18.7 Å². The van der Waals surface area contributed by atoms with Crippen LogP contribution >= 0.6 is 23.1 Å². The molecule has 0 spiro atoms. The third kappa shape index (κ3) is 5.40. The minimum atomic E-state index is 0.993. The van der Waals surface area contributed by atoms with E-state index < -0.39 is 0 Å². The predicted octanol–water partition coefficient (Wildman–Crippen LogP) is 3.85. The summed E-state index contributed by atoms with van der Waals surface area (Å²) in [5, 5.41) is 4.77. The smallest absolute Gasteiger partial charge is 0.103 e. The molecule has 1 N–H and O–H groups in total. The Hall–Kier alpha value is -0.0600. The van der Waals surface area contributed by atoms with Crippen molar-refractivity contribution in [1.29, 1.82) is 0 Å². The van der Waals surface area contributed by atoms with Crippen molar-refractivity contribution in [2.75, 3.05) is 12.3 Å². The molecule has 0 saturated heterocycles. The van der Waals surface area contributed by atoms with Crippen molar-refractivity contribution < 1.29 is 0 Å². The molecule has 0 radical (unpaired) electrons. The largest absolute Gasteiger partial charge is 0.312 e. The topological polar surface area (TPSA) is 24.9 Å². The van der Waals surface area contributed by atoms with Crippen LogP contribution in [-0.4, -0.2) is 17.3 Å². The van der Waals surface area contributed by atoms with Gasteiger partial charge >= 0.3 is 0 Å². The van der Waals surface area contributed by atoms with Crippen LogP contribution in [0, 0.1) is 0 Å². The molecule has 1 aromatic rings. The van der Waals surface area contributed by atoms with Gasteiger partial charge in [-0.15, -0.1) is 11.3 Å². The number of hydrogen-bond acceptors (Lipinski definition) is 4. The highest BCUT2D eigenvalue weighted by atomic mass is 32.2. The molecule has 0 atom stereocenters. The van der Waals surface area contributed by atoms with E-state index in [2.05, 4.69) is 26.1 Å². The molecular weight excluding hydrogens is 248 g/mol. The molecule has 1 heterocycles. The highest BCUT2D eigenvalue weighted by Gasteiger charge is 2.09. The number of aromatic nitrogens is 1. The molecule has 0 aliphatic heterocycles. The molecule has 0 bridgehead atoms. The van der Waals surface area contributed by atoms with Crippen LogP contribution in [0.2, 0.25) is 0 Å². The van der Waals surface area contributed by atoms with Gasteiger partial charge in [-0.25, -0.2) is 4.98 Å². The molecule has 4 heteroatoms. The van der Waals surface area contributed by atoms with Crippen molar-refractivity contribution in [3.8, 4) is 0 Å². The van der Waals surface area contributed by atoms with Gasteiger partial charge in [-0.3, -0.25) is 0 Å². The van der Waals surface area contributed by atoms with Crippen LogP contribution in [0.25, 0.3) is 0 Å². The Labute approximate surface area is 114 Å². The number of thiazole rings is 1. The summed E-state index contributed by atoms with van der Waals surface area (Å²) in [5.41, 5.74) is 1.30. The third-order valence-corrected chi connectivity index (χ3v) is 4.90. The van der Waals surface area contributed by atoms with E-state index in [4.69, 9.17) is 4.98 Å². The van der Waals surface area contributed by atoms with E-state index in [9.17, 15) is 0 Å². The van der Waals surface area contributed by atoms with E-state index in [1.807, 2.05) is 23.1 Å². The van der Waals surface area contributed by atoms with Crippen molar-refractivity contribution in [2.24, 2.45) is 0 Å². The van der Waals surface area contributed by atoms with Gasteiger partial charge in [0.15, 0.2) is 0 Å². The number of nitrogens with one attached hydrogen (secondary N) is 1. The second-order valence-electron chi connectivity index (χ2n) is 4.06. The lowest BCUT2D eigenvalue weighted by Gasteiger charge is -2.01. The van der Waals surface area contributed by atoms with E-state index in [0.717, 1.165) is 25.3 Å². The summed E-state index contributed by atoms with van der Waals surface area (Å²) in [5.74, 6) is 2.32. The van der Waals surface area contributed by atoms with Gasteiger partial charge in [-0.1, -0.05) is 20.8 Å². The normalized spacial score (nSPS) is 11.0. The first-order valence-electron chi connectivity index (χ1n) is 6.57. The molecule has 0 amide bonds. The third-order valence-electron chi connectivity index (χ3n) is 2.44. The molecule has 1 rings (SSSR count). The Morgan fingerprint density at radius 1 is 1.24 bits per heavy atom. The predicted molar refractivity (Wildman–Crippen MR) is 79.9 cm³/mol. The highest BCUT2D eigenvalue weighted by molar-refractivity contribution is 7.98. The standard InChI is InChI=1S/C13H24N2S2/c1-4-7-14-9-12-11(6-3)15-13(17-12)10-16-8-5-2/h14H,4-10H2,1-3H3. The van der Waals surface area contributed by atoms with Crippen LogP contribution in [0.4, 0.5) is 0 Å². The lowest BCUT2D eigenvalue weighted by Crippen LogP contribution is -2.13. The number of hydrogen-bond donors (Lipinski definition) is 1. The molecule has 0 unspecified atom stereocenters. The van der Waals surface area contributed by atoms with Gasteiger partial charge in [0.1, 0.15) is 5.01 Å². The first-order valence-corrected chi connectivity index (χ1v) is 8.54. The van der Waals surface area contributed by atoms with Crippen molar-refractivity contribution in [2.45, 2.75) is 52.3 Å². The molecule has 0 saturated carbocycles. The Morgan fingerprint density at radius 2 is 2.06 bits per heavy atom. The van der Waals surface area contributed by atoms with E-state index in [1.54, 1.807) is 0 Å². The number of aryl methyl sites for hydroxylation is 1. The van der Waals surface area contributed by atoms with E-state index in [-0.39, 0.29) is 0 Å². The fraction of sp³-hybridized carbons (Fsp3) is 0.769. The summed E-state index contributed by atoms with van der Waals surface area (Å²) >= 11 is 3.89. The lowest BCUT2D eigenvalue weighted by molar-refractivity contribution is 0.676. The second-order valence-corrected chi connectivity index (χ2v) is 6.33. The van der Waals surface area contributed by atoms with Crippen LogP contribution in [0.1, 0.15) is 49.2 Å². The Balaban J connectivity index is 2.50. The lowest BCUT2D eigenvalue weighted by atomic mass is 10.3. The first-order chi connectivity index (χ1) is 8.31. The zero-order valence-electron chi connectivity index (χ0n) is 11.2. The van der Waals surface area contributed by atoms with Gasteiger partial charge in [0, 0.05) is 17.2 Å². The molecule has 2 nitrogen and oxygen atoms in total. The van der Waals surface area contributed by atoms with Gasteiger partial charge < -0.3 is 5.32 Å². The SMILES string of the molecule is CCCNCc1sc(CSCCC)nc1CC. The zero-order valence-corrected chi connectivity index (χ0v) is 12.8. The second kappa shape index (κ2) is 8.95. The van der Waals surface area contributed by atoms with Gasteiger partial charge in [-0.2, -0.15) is 11.8 Å². The molecule has 0 fully saturated rings. The maximum absolute atomic E-state index is 4.74. The molecule has 0 aromatic carbocycles. The zero-order chi connectivity index (χ0) is 12.5. The summed E-state index contributed by atoms with van der Waals surface area (Å²) in [7, 11) is 0. The maximum Gasteiger partial charge on any atom is 0.103 e. The van der Waals surface area contributed by atoms with Crippen molar-refractivity contribution in [3.63, 3.8) is 0 Å². The molecule has 17 heavy (non-hydrogen) atoms. The van der Waals surface area contributed by atoms with Crippen molar-refractivity contribution >= 4 is 23.1 Å². The van der Waals surface area contributed by atoms with Crippen LogP contribution in [0.15, 0.2) is 0 Å². The van der Waals surface area contributed by atoms with Gasteiger partial charge in [0.2, 0.25) is 0 Å². The minimum absolute atomic E-state index is 0.993. The average Bonchev–Trinajstić information content (AvgIpc) is 2.72. The van der Waals surface area contributed by atoms with Gasteiger partial charge in [0.25, 0.3) is 0 Å². The summed E-state index contributed by atoms with van der Waals surface area (Å²) in [6.07, 6.45) is 3.50. The summed E-state index contributed by atoms with van der Waals surface area (Å²) < 4.78 is 0. The minimum Gasteiger partial charge on any atom is -0.312 e. The van der Waals surface area contributed by atoms with Gasteiger partial charge in [-0.05, 0) is 31.6 Å². The molecular formula is C13H24N2S2. The van der Waals surface area contributed by atoms with Crippen molar-refractivity contribution in [1.82, 2.24) is 10.3 Å². The maximum atomic E-state index is 4.74. The Morgan fingerprint density at radius 3 is 2.71 bits per heavy atom. The summed E-state index contributed by atoms with van der Waals surface area (Å²) in [4.78, 5) is 6.17. The molecule has 1 aromatic heterocycles. The monoisotopic (exact) mass is 272 g/mol. The van der Waals surface area contributed by atoms with E-state index in [0.29, 0.717) is 0 Å². The molecule has 0 aliphatic carbocycles. The fourth-order valence-electron chi connectivity index (χ4n) is 1.60. The highest BCUT2D eigenvalue weighted by Crippen LogP contribution is 2.23. The Bertz CT molecular complexity index is 310. The average molecular weight is 272 g/mol. The van der Waals surface area contributed by atoms with Crippen LogP contribution < -0.4 is 5.32 Å². The molecule has 98 valence electrons. The van der Waals surface area contributed by atoms with Crippen LogP contribution in [0.3, 0.4) is 0 Å². The van der Waals surface area contributed by atoms with E-state index >= 15 is 0 Å². The van der Waals surface area contributed by atoms with E-state index in [1.165, 1.54) is 34.2 Å². The quantitative estimate of drug-likeness (QED) is 0.691. The molecule has 0 aliphatic rings. The number of rotatable bonds is 9. The summed E-state index contributed by atoms with van der Waals surface area (Å²) in [6, 6.07) is 0. The fourth-order valence-corrected chi connectivity index (χ4v) is 3.68. The number of nitrogens with zero attached hydrogens (tertiary/aromatic N) is 1. The number of thioether (sulfide) groups is 1. The van der Waals surface area contributed by atoms with Gasteiger partial charge in [0.05, 0.1) is 5.69 Å². The summed E-state index contributed by atoms with van der Waals surface area (Å²) in [6.45, 7) is 8.72. The first kappa shape index (κ1) is 15.0. The van der Waals surface area contributed by atoms with Crippen LogP contribution in [0.5, 0.6) is 0 Å². The Kier molecular flexibility index (Phi) is 7.90. The van der Waals surface area contributed by atoms with Crippen molar-refractivity contribution in [3.05, 3.63) is 15.6 Å².